The summed E-state index contributed by atoms with van der Waals surface area (Å²) < 4.78 is 25.4. The molecular formula is C8H7Cl2N3O5S. The molecule has 1 amide bonds. The van der Waals surface area contributed by atoms with Gasteiger partial charge in [-0.05, 0) is 12.1 Å². The lowest BCUT2D eigenvalue weighted by molar-refractivity contribution is -0.384. The second-order valence-electron chi connectivity index (χ2n) is 3.26. The molecule has 0 aromatic heterocycles. The molecule has 0 fully saturated rings. The third-order valence-electron chi connectivity index (χ3n) is 1.94. The monoisotopic (exact) mass is 327 g/mol. The molecule has 0 aliphatic rings. The lowest BCUT2D eigenvalue weighted by atomic mass is 10.3. The first-order valence-corrected chi connectivity index (χ1v) is 6.81. The van der Waals surface area contributed by atoms with E-state index in [0.29, 0.717) is 0 Å². The Morgan fingerprint density at radius 3 is 2.47 bits per heavy atom. The first-order chi connectivity index (χ1) is 8.66. The fourth-order valence-electron chi connectivity index (χ4n) is 1.14. The number of nitro benzene ring substituents is 1. The van der Waals surface area contributed by atoms with Crippen LogP contribution in [0.1, 0.15) is 0 Å². The first-order valence-electron chi connectivity index (χ1n) is 4.57. The maximum Gasteiger partial charge on any atom is 0.307 e. The van der Waals surface area contributed by atoms with Crippen molar-refractivity contribution >= 4 is 44.8 Å². The Labute approximate surface area is 117 Å². The number of benzene rings is 1. The number of nitro groups is 1. The molecule has 0 aliphatic carbocycles. The van der Waals surface area contributed by atoms with E-state index in [1.807, 2.05) is 4.72 Å². The third-order valence-corrected chi connectivity index (χ3v) is 4.18. The van der Waals surface area contributed by atoms with Crippen molar-refractivity contribution in [3.05, 3.63) is 32.3 Å². The first kappa shape index (κ1) is 15.6. The fraction of sp³-hybridized carbons (Fsp3) is 0.125. The Balaban J connectivity index is 3.33. The van der Waals surface area contributed by atoms with E-state index in [2.05, 4.69) is 0 Å². The largest absolute Gasteiger partial charge is 0.369 e. The standard InChI is InChI=1S/C8H7Cl2N3O5S/c9-4-1-2-5(7(10)8(4)13(15)16)19(17,18)12-3-6(11)14/h1-2,12H,3H2,(H2,11,14). The summed E-state index contributed by atoms with van der Waals surface area (Å²) in [4.78, 5) is 19.8. The van der Waals surface area contributed by atoms with Gasteiger partial charge in [0.05, 0.1) is 11.5 Å². The number of halogens is 2. The zero-order chi connectivity index (χ0) is 14.8. The van der Waals surface area contributed by atoms with Crippen molar-refractivity contribution < 1.29 is 18.1 Å². The van der Waals surface area contributed by atoms with Crippen molar-refractivity contribution in [2.45, 2.75) is 4.90 Å². The molecule has 0 heterocycles. The van der Waals surface area contributed by atoms with Crippen molar-refractivity contribution in [1.29, 1.82) is 0 Å². The molecule has 1 aromatic rings. The van der Waals surface area contributed by atoms with Crippen LogP contribution in [0, 0.1) is 10.1 Å². The molecule has 0 atom stereocenters. The molecule has 8 nitrogen and oxygen atoms in total. The number of hydrogen-bond donors (Lipinski definition) is 2. The van der Waals surface area contributed by atoms with Crippen LogP contribution in [0.5, 0.6) is 0 Å². The van der Waals surface area contributed by atoms with Crippen LogP contribution in [0.15, 0.2) is 17.0 Å². The predicted molar refractivity (Wildman–Crippen MR) is 67.5 cm³/mol. The quantitative estimate of drug-likeness (QED) is 0.605. The average Bonchev–Trinajstić information content (AvgIpc) is 2.25. The summed E-state index contributed by atoms with van der Waals surface area (Å²) in [7, 11) is -4.20. The Morgan fingerprint density at radius 2 is 2.00 bits per heavy atom. The normalized spacial score (nSPS) is 11.3. The number of primary amides is 1. The molecule has 0 bridgehead atoms. The van der Waals surface area contributed by atoms with Gasteiger partial charge in [0.15, 0.2) is 0 Å². The predicted octanol–water partition coefficient (Wildman–Crippen LogP) is 0.665. The summed E-state index contributed by atoms with van der Waals surface area (Å²) in [5.74, 6) is -0.914. The number of rotatable bonds is 5. The maximum absolute atomic E-state index is 11.8. The van der Waals surface area contributed by atoms with Crippen molar-refractivity contribution in [1.82, 2.24) is 4.72 Å². The van der Waals surface area contributed by atoms with E-state index >= 15 is 0 Å². The van der Waals surface area contributed by atoms with Crippen LogP contribution in [0.4, 0.5) is 5.69 Å². The summed E-state index contributed by atoms with van der Waals surface area (Å²) in [6.45, 7) is -0.658. The summed E-state index contributed by atoms with van der Waals surface area (Å²) in [6.07, 6.45) is 0. The molecule has 1 aromatic carbocycles. The topological polar surface area (TPSA) is 132 Å². The minimum atomic E-state index is -4.20. The summed E-state index contributed by atoms with van der Waals surface area (Å²) in [6, 6.07) is 2.01. The molecule has 0 saturated heterocycles. The van der Waals surface area contributed by atoms with Crippen molar-refractivity contribution in [3.63, 3.8) is 0 Å². The zero-order valence-electron chi connectivity index (χ0n) is 9.09. The van der Waals surface area contributed by atoms with Gasteiger partial charge in [-0.2, -0.15) is 0 Å². The zero-order valence-corrected chi connectivity index (χ0v) is 11.4. The van der Waals surface area contributed by atoms with Crippen molar-refractivity contribution in [2.75, 3.05) is 6.54 Å². The summed E-state index contributed by atoms with van der Waals surface area (Å²) >= 11 is 11.2. The highest BCUT2D eigenvalue weighted by Gasteiger charge is 2.27. The molecule has 11 heteroatoms. The minimum Gasteiger partial charge on any atom is -0.369 e. The summed E-state index contributed by atoms with van der Waals surface area (Å²) in [5, 5.41) is 9.79. The van der Waals surface area contributed by atoms with Gasteiger partial charge in [-0.1, -0.05) is 23.2 Å². The number of nitrogens with zero attached hydrogens (tertiary/aromatic N) is 1. The van der Waals surface area contributed by atoms with Gasteiger partial charge in [-0.3, -0.25) is 14.9 Å². The van der Waals surface area contributed by atoms with Gasteiger partial charge in [0.2, 0.25) is 15.9 Å². The fourth-order valence-corrected chi connectivity index (χ4v) is 3.02. The van der Waals surface area contributed by atoms with Gasteiger partial charge >= 0.3 is 5.69 Å². The molecule has 104 valence electrons. The van der Waals surface area contributed by atoms with Crippen LogP contribution in [0.3, 0.4) is 0 Å². The number of nitrogens with one attached hydrogen (secondary N) is 1. The van der Waals surface area contributed by atoms with E-state index in [1.54, 1.807) is 0 Å². The highest BCUT2D eigenvalue weighted by molar-refractivity contribution is 7.89. The molecular weight excluding hydrogens is 321 g/mol. The number of amides is 1. The molecule has 0 spiro atoms. The Hall–Kier alpha value is -1.42. The molecule has 0 unspecified atom stereocenters. The second-order valence-corrected chi connectivity index (χ2v) is 5.78. The highest BCUT2D eigenvalue weighted by Crippen LogP contribution is 2.36. The van der Waals surface area contributed by atoms with Gasteiger partial charge < -0.3 is 5.73 Å². The van der Waals surface area contributed by atoms with E-state index < -0.39 is 43.0 Å². The maximum atomic E-state index is 11.8. The Bertz CT molecular complexity index is 646. The molecule has 0 radical (unpaired) electrons. The molecule has 19 heavy (non-hydrogen) atoms. The van der Waals surface area contributed by atoms with Gasteiger partial charge in [0.25, 0.3) is 0 Å². The van der Waals surface area contributed by atoms with Crippen LogP contribution in [0.2, 0.25) is 10.0 Å². The molecule has 0 aliphatic heterocycles. The van der Waals surface area contributed by atoms with Crippen molar-refractivity contribution in [3.8, 4) is 0 Å². The van der Waals surface area contributed by atoms with Gasteiger partial charge in [-0.15, -0.1) is 0 Å². The third kappa shape index (κ3) is 3.53. The average molecular weight is 328 g/mol. The van der Waals surface area contributed by atoms with Gasteiger partial charge in [0, 0.05) is 0 Å². The van der Waals surface area contributed by atoms with E-state index in [-0.39, 0.29) is 5.02 Å². The van der Waals surface area contributed by atoms with E-state index in [9.17, 15) is 23.3 Å². The number of carbonyl (C=O) groups excluding carboxylic acids is 1. The lowest BCUT2D eigenvalue weighted by Crippen LogP contribution is -2.33. The Morgan fingerprint density at radius 1 is 1.42 bits per heavy atom. The van der Waals surface area contributed by atoms with Crippen LogP contribution >= 0.6 is 23.2 Å². The lowest BCUT2D eigenvalue weighted by Gasteiger charge is -2.07. The number of carbonyl (C=O) groups is 1. The van der Waals surface area contributed by atoms with Crippen LogP contribution in [-0.4, -0.2) is 25.8 Å². The van der Waals surface area contributed by atoms with Crippen LogP contribution in [-0.2, 0) is 14.8 Å². The molecule has 3 N–H and O–H groups in total. The second kappa shape index (κ2) is 5.70. The van der Waals surface area contributed by atoms with E-state index in [1.165, 1.54) is 0 Å². The number of hydrogen-bond acceptors (Lipinski definition) is 5. The smallest absolute Gasteiger partial charge is 0.307 e. The van der Waals surface area contributed by atoms with Gasteiger partial charge in [0.1, 0.15) is 14.9 Å². The minimum absolute atomic E-state index is 0.302. The SMILES string of the molecule is NC(=O)CNS(=O)(=O)c1ccc(Cl)c([N+](=O)[O-])c1Cl. The molecule has 1 rings (SSSR count). The van der Waals surface area contributed by atoms with Crippen molar-refractivity contribution in [2.24, 2.45) is 5.73 Å². The van der Waals surface area contributed by atoms with E-state index in [4.69, 9.17) is 28.9 Å². The Kier molecular flexibility index (Phi) is 4.69. The van der Waals surface area contributed by atoms with Gasteiger partial charge in [-0.25, -0.2) is 13.1 Å². The van der Waals surface area contributed by atoms with Crippen LogP contribution < -0.4 is 10.5 Å². The summed E-state index contributed by atoms with van der Waals surface area (Å²) in [5.41, 5.74) is 4.06. The van der Waals surface area contributed by atoms with E-state index in [0.717, 1.165) is 12.1 Å². The number of sulfonamides is 1. The molecule has 0 saturated carbocycles. The highest BCUT2D eigenvalue weighted by atomic mass is 35.5. The number of nitrogens with two attached hydrogens (primary N) is 1. The van der Waals surface area contributed by atoms with Crippen LogP contribution in [0.25, 0.3) is 0 Å².